The molecule has 19 heavy (non-hydrogen) atoms. The van der Waals surface area contributed by atoms with E-state index in [0.717, 1.165) is 0 Å². The Morgan fingerprint density at radius 2 is 1.95 bits per heavy atom. The van der Waals surface area contributed by atoms with Crippen LogP contribution in [0.2, 0.25) is 5.02 Å². The third-order valence-electron chi connectivity index (χ3n) is 2.78. The van der Waals surface area contributed by atoms with Crippen molar-refractivity contribution in [2.75, 3.05) is 26.3 Å². The molecule has 0 aliphatic carbocycles. The van der Waals surface area contributed by atoms with Crippen molar-refractivity contribution < 1.29 is 23.1 Å². The Kier molecular flexibility index (Phi) is 4.10. The van der Waals surface area contributed by atoms with Crippen LogP contribution in [0.5, 0.6) is 0 Å². The minimum Gasteiger partial charge on any atom is -0.478 e. The average molecular weight is 306 g/mol. The van der Waals surface area contributed by atoms with E-state index in [9.17, 15) is 13.2 Å². The highest BCUT2D eigenvalue weighted by Gasteiger charge is 2.29. The normalized spacial score (nSPS) is 17.3. The first-order valence-electron chi connectivity index (χ1n) is 5.54. The van der Waals surface area contributed by atoms with Crippen molar-refractivity contribution in [1.82, 2.24) is 4.31 Å². The summed E-state index contributed by atoms with van der Waals surface area (Å²) >= 11 is 5.89. The van der Waals surface area contributed by atoms with Gasteiger partial charge in [0.1, 0.15) is 4.90 Å². The Morgan fingerprint density at radius 1 is 1.32 bits per heavy atom. The minimum absolute atomic E-state index is 0.184. The number of morpholine rings is 1. The number of carboxylic acid groups (broad SMARTS) is 1. The second kappa shape index (κ2) is 5.46. The maximum atomic E-state index is 12.4. The fourth-order valence-corrected chi connectivity index (χ4v) is 3.80. The molecule has 1 heterocycles. The lowest BCUT2D eigenvalue weighted by molar-refractivity contribution is 0.0696. The molecule has 8 heteroatoms. The molecule has 0 saturated carbocycles. The Balaban J connectivity index is 2.46. The van der Waals surface area contributed by atoms with Gasteiger partial charge in [-0.25, -0.2) is 13.2 Å². The molecule has 0 amide bonds. The van der Waals surface area contributed by atoms with Crippen molar-refractivity contribution in [2.24, 2.45) is 0 Å². The summed E-state index contributed by atoms with van der Waals surface area (Å²) in [5.74, 6) is -1.26. The molecule has 0 radical (unpaired) electrons. The molecule has 6 nitrogen and oxygen atoms in total. The van der Waals surface area contributed by atoms with E-state index in [2.05, 4.69) is 0 Å². The predicted molar refractivity (Wildman–Crippen MR) is 68.0 cm³/mol. The first-order valence-corrected chi connectivity index (χ1v) is 7.36. The van der Waals surface area contributed by atoms with Crippen LogP contribution < -0.4 is 0 Å². The molecule has 1 aliphatic rings. The molecular weight excluding hydrogens is 294 g/mol. The van der Waals surface area contributed by atoms with Crippen LogP contribution in [0.15, 0.2) is 23.1 Å². The number of hydrogen-bond donors (Lipinski definition) is 1. The van der Waals surface area contributed by atoms with Crippen molar-refractivity contribution in [3.8, 4) is 0 Å². The lowest BCUT2D eigenvalue weighted by Gasteiger charge is -2.26. The Bertz CT molecular complexity index is 595. The monoisotopic (exact) mass is 305 g/mol. The van der Waals surface area contributed by atoms with Gasteiger partial charge >= 0.3 is 5.97 Å². The summed E-state index contributed by atoms with van der Waals surface area (Å²) in [6.07, 6.45) is 0. The van der Waals surface area contributed by atoms with Gasteiger partial charge in [0.2, 0.25) is 10.0 Å². The molecule has 0 bridgehead atoms. The Labute approximate surface area is 115 Å². The van der Waals surface area contributed by atoms with E-state index in [-0.39, 0.29) is 28.6 Å². The summed E-state index contributed by atoms with van der Waals surface area (Å²) in [4.78, 5) is 10.8. The van der Waals surface area contributed by atoms with Crippen LogP contribution in [-0.2, 0) is 14.8 Å². The lowest BCUT2D eigenvalue weighted by Crippen LogP contribution is -2.40. The van der Waals surface area contributed by atoms with E-state index in [1.54, 1.807) is 0 Å². The summed E-state index contributed by atoms with van der Waals surface area (Å²) in [7, 11) is -3.79. The van der Waals surface area contributed by atoms with Gasteiger partial charge in [-0.15, -0.1) is 0 Å². The van der Waals surface area contributed by atoms with Gasteiger partial charge in [0, 0.05) is 13.1 Å². The summed E-state index contributed by atoms with van der Waals surface area (Å²) in [5.41, 5.74) is -0.226. The van der Waals surface area contributed by atoms with Crippen LogP contribution in [0.3, 0.4) is 0 Å². The van der Waals surface area contributed by atoms with Gasteiger partial charge in [0.05, 0.1) is 23.8 Å². The molecule has 0 atom stereocenters. The van der Waals surface area contributed by atoms with Gasteiger partial charge in [0.25, 0.3) is 0 Å². The average Bonchev–Trinajstić information content (AvgIpc) is 2.39. The first kappa shape index (κ1) is 14.3. The summed E-state index contributed by atoms with van der Waals surface area (Å²) < 4.78 is 31.1. The van der Waals surface area contributed by atoms with Crippen LogP contribution in [0, 0.1) is 0 Å². The van der Waals surface area contributed by atoms with Gasteiger partial charge in [-0.1, -0.05) is 17.7 Å². The number of carboxylic acids is 1. The molecule has 0 spiro atoms. The van der Waals surface area contributed by atoms with Gasteiger partial charge < -0.3 is 9.84 Å². The zero-order chi connectivity index (χ0) is 14.0. The zero-order valence-corrected chi connectivity index (χ0v) is 11.4. The van der Waals surface area contributed by atoms with E-state index in [1.807, 2.05) is 0 Å². The van der Waals surface area contributed by atoms with E-state index in [4.69, 9.17) is 21.4 Å². The molecule has 2 rings (SSSR count). The van der Waals surface area contributed by atoms with Gasteiger partial charge in [-0.2, -0.15) is 4.31 Å². The lowest BCUT2D eigenvalue weighted by atomic mass is 10.2. The number of benzene rings is 1. The number of carbonyl (C=O) groups is 1. The molecule has 1 aliphatic heterocycles. The number of nitrogens with zero attached hydrogens (tertiary/aromatic N) is 1. The molecular formula is C11H12ClNO5S. The third-order valence-corrected chi connectivity index (χ3v) is 5.24. The second-order valence-corrected chi connectivity index (χ2v) is 6.22. The molecule has 0 aromatic heterocycles. The zero-order valence-electron chi connectivity index (χ0n) is 9.87. The fourth-order valence-electron chi connectivity index (χ4n) is 1.80. The topological polar surface area (TPSA) is 83.9 Å². The standard InChI is InChI=1S/C11H12ClNO5S/c12-10-8(11(14)15)2-1-3-9(10)19(16,17)13-4-6-18-7-5-13/h1-3H,4-7H2,(H,14,15). The highest BCUT2D eigenvalue weighted by Crippen LogP contribution is 2.28. The number of sulfonamides is 1. The van der Waals surface area contributed by atoms with Crippen LogP contribution in [0.25, 0.3) is 0 Å². The van der Waals surface area contributed by atoms with Gasteiger partial charge in [-0.3, -0.25) is 0 Å². The maximum absolute atomic E-state index is 12.4. The molecule has 0 unspecified atom stereocenters. The summed E-state index contributed by atoms with van der Waals surface area (Å²) in [6.45, 7) is 1.09. The number of hydrogen-bond acceptors (Lipinski definition) is 4. The van der Waals surface area contributed by atoms with E-state index >= 15 is 0 Å². The number of halogens is 1. The van der Waals surface area contributed by atoms with Crippen molar-refractivity contribution in [1.29, 1.82) is 0 Å². The maximum Gasteiger partial charge on any atom is 0.337 e. The molecule has 1 fully saturated rings. The van der Waals surface area contributed by atoms with Gasteiger partial charge in [0.15, 0.2) is 0 Å². The number of ether oxygens (including phenoxy) is 1. The quantitative estimate of drug-likeness (QED) is 0.902. The minimum atomic E-state index is -3.79. The number of aromatic carboxylic acids is 1. The van der Waals surface area contributed by atoms with Gasteiger partial charge in [-0.05, 0) is 12.1 Å². The van der Waals surface area contributed by atoms with E-state index in [0.29, 0.717) is 13.2 Å². The van der Waals surface area contributed by atoms with Crippen LogP contribution in [0.4, 0.5) is 0 Å². The SMILES string of the molecule is O=C(O)c1cccc(S(=O)(=O)N2CCOCC2)c1Cl. The molecule has 104 valence electrons. The van der Waals surface area contributed by atoms with Crippen molar-refractivity contribution in [3.05, 3.63) is 28.8 Å². The largest absolute Gasteiger partial charge is 0.478 e. The van der Waals surface area contributed by atoms with Crippen molar-refractivity contribution >= 4 is 27.6 Å². The van der Waals surface area contributed by atoms with Crippen molar-refractivity contribution in [3.63, 3.8) is 0 Å². The second-order valence-electron chi connectivity index (χ2n) is 3.94. The Morgan fingerprint density at radius 3 is 2.53 bits per heavy atom. The molecule has 1 saturated heterocycles. The fraction of sp³-hybridized carbons (Fsp3) is 0.364. The van der Waals surface area contributed by atoms with Crippen LogP contribution >= 0.6 is 11.6 Å². The third kappa shape index (κ3) is 2.74. The molecule has 1 aromatic carbocycles. The van der Waals surface area contributed by atoms with E-state index in [1.165, 1.54) is 22.5 Å². The Hall–Kier alpha value is -1.15. The molecule has 1 aromatic rings. The smallest absolute Gasteiger partial charge is 0.337 e. The highest BCUT2D eigenvalue weighted by molar-refractivity contribution is 7.89. The summed E-state index contributed by atoms with van der Waals surface area (Å²) in [6, 6.07) is 3.94. The first-order chi connectivity index (χ1) is 8.94. The predicted octanol–water partition coefficient (Wildman–Crippen LogP) is 1.06. The molecule has 1 N–H and O–H groups in total. The van der Waals surface area contributed by atoms with Crippen LogP contribution in [0.1, 0.15) is 10.4 Å². The van der Waals surface area contributed by atoms with Crippen molar-refractivity contribution in [2.45, 2.75) is 4.90 Å². The van der Waals surface area contributed by atoms with Crippen LogP contribution in [-0.4, -0.2) is 50.1 Å². The summed E-state index contributed by atoms with van der Waals surface area (Å²) in [5, 5.41) is 8.69. The van der Waals surface area contributed by atoms with E-state index < -0.39 is 16.0 Å². The highest BCUT2D eigenvalue weighted by atomic mass is 35.5. The number of rotatable bonds is 3.